The summed E-state index contributed by atoms with van der Waals surface area (Å²) in [5.74, 6) is 0. The van der Waals surface area contributed by atoms with Gasteiger partial charge < -0.3 is 5.32 Å². The molecule has 0 saturated heterocycles. The molecule has 1 N–H and O–H groups in total. The van der Waals surface area contributed by atoms with Gasteiger partial charge in [-0.1, -0.05) is 39.7 Å². The Labute approximate surface area is 85.2 Å². The van der Waals surface area contributed by atoms with Crippen LogP contribution in [0.25, 0.3) is 0 Å². The lowest BCUT2D eigenvalue weighted by atomic mass is 10.1. The van der Waals surface area contributed by atoms with Crippen molar-refractivity contribution in [3.05, 3.63) is 12.3 Å². The largest absolute Gasteiger partial charge is 0.391 e. The second kappa shape index (κ2) is 8.56. The summed E-state index contributed by atoms with van der Waals surface area (Å²) >= 11 is 0. The predicted octanol–water partition coefficient (Wildman–Crippen LogP) is 3.37. The summed E-state index contributed by atoms with van der Waals surface area (Å²) in [5, 5.41) is 3.19. The third-order valence-electron chi connectivity index (χ3n) is 2.29. The average molecular weight is 201 g/mol. The zero-order valence-electron chi connectivity index (χ0n) is 9.32. The smallest absolute Gasteiger partial charge is 0.0155 e. The fourth-order valence-electron chi connectivity index (χ4n) is 1.42. The van der Waals surface area contributed by atoms with Crippen LogP contribution < -0.4 is 5.32 Å². The molecule has 0 bridgehead atoms. The molecule has 0 spiro atoms. The number of unbranched alkanes of at least 4 members (excludes halogenated alkanes) is 2. The third kappa shape index (κ3) is 6.10. The van der Waals surface area contributed by atoms with E-state index in [1.807, 2.05) is 7.05 Å². The molecule has 0 aromatic rings. The standard InChI is InChI=1S/C11H24NP/c1-5-7-8-9-11(13-6-2)10(3)12-4/h11-13H,3,5-9H2,1-2,4H3. The Balaban J connectivity index is 3.73. The maximum Gasteiger partial charge on any atom is 0.0155 e. The molecule has 0 aromatic heterocycles. The van der Waals surface area contributed by atoms with Gasteiger partial charge in [0.2, 0.25) is 0 Å². The summed E-state index contributed by atoms with van der Waals surface area (Å²) in [4.78, 5) is 0. The van der Waals surface area contributed by atoms with Crippen molar-refractivity contribution in [2.45, 2.75) is 45.2 Å². The molecular weight excluding hydrogens is 177 g/mol. The molecule has 0 heterocycles. The van der Waals surface area contributed by atoms with Crippen LogP contribution in [-0.2, 0) is 0 Å². The van der Waals surface area contributed by atoms with Crippen LogP contribution in [0, 0.1) is 0 Å². The van der Waals surface area contributed by atoms with Gasteiger partial charge in [-0.25, -0.2) is 0 Å². The highest BCUT2D eigenvalue weighted by Gasteiger charge is 2.09. The zero-order valence-corrected chi connectivity index (χ0v) is 10.3. The van der Waals surface area contributed by atoms with Gasteiger partial charge in [0.25, 0.3) is 0 Å². The van der Waals surface area contributed by atoms with Crippen molar-refractivity contribution in [2.24, 2.45) is 0 Å². The van der Waals surface area contributed by atoms with Crippen molar-refractivity contribution in [1.82, 2.24) is 5.32 Å². The van der Waals surface area contributed by atoms with Gasteiger partial charge in [-0.15, -0.1) is 8.58 Å². The van der Waals surface area contributed by atoms with E-state index in [0.29, 0.717) is 0 Å². The highest BCUT2D eigenvalue weighted by Crippen LogP contribution is 2.27. The highest BCUT2D eigenvalue weighted by atomic mass is 31.1. The van der Waals surface area contributed by atoms with E-state index in [9.17, 15) is 0 Å². The van der Waals surface area contributed by atoms with E-state index in [-0.39, 0.29) is 0 Å². The van der Waals surface area contributed by atoms with E-state index >= 15 is 0 Å². The van der Waals surface area contributed by atoms with Gasteiger partial charge in [0.15, 0.2) is 0 Å². The first-order valence-corrected chi connectivity index (χ1v) is 6.64. The van der Waals surface area contributed by atoms with Gasteiger partial charge in [-0.3, -0.25) is 0 Å². The van der Waals surface area contributed by atoms with E-state index in [1.54, 1.807) is 0 Å². The highest BCUT2D eigenvalue weighted by molar-refractivity contribution is 7.39. The summed E-state index contributed by atoms with van der Waals surface area (Å²) in [6, 6.07) is 0. The van der Waals surface area contributed by atoms with Crippen molar-refractivity contribution in [3.63, 3.8) is 0 Å². The first-order chi connectivity index (χ1) is 6.26. The summed E-state index contributed by atoms with van der Waals surface area (Å²) in [7, 11) is 3.02. The topological polar surface area (TPSA) is 12.0 Å². The molecule has 78 valence electrons. The van der Waals surface area contributed by atoms with Crippen molar-refractivity contribution < 1.29 is 0 Å². The Morgan fingerprint density at radius 3 is 2.54 bits per heavy atom. The number of hydrogen-bond acceptors (Lipinski definition) is 1. The Kier molecular flexibility index (Phi) is 8.54. The SMILES string of the molecule is C=C(NC)C(CCCCC)PCC. The van der Waals surface area contributed by atoms with E-state index in [1.165, 1.54) is 37.5 Å². The van der Waals surface area contributed by atoms with Crippen molar-refractivity contribution in [1.29, 1.82) is 0 Å². The van der Waals surface area contributed by atoms with Crippen LogP contribution in [0.3, 0.4) is 0 Å². The quantitative estimate of drug-likeness (QED) is 0.469. The van der Waals surface area contributed by atoms with Crippen LogP contribution in [-0.4, -0.2) is 18.9 Å². The first-order valence-electron chi connectivity index (χ1n) is 5.36. The molecule has 0 aliphatic rings. The minimum Gasteiger partial charge on any atom is -0.391 e. The van der Waals surface area contributed by atoms with Gasteiger partial charge in [-0.2, -0.15) is 0 Å². The summed E-state index contributed by atoms with van der Waals surface area (Å²) in [6.07, 6.45) is 6.64. The van der Waals surface area contributed by atoms with Crippen molar-refractivity contribution >= 4 is 8.58 Å². The van der Waals surface area contributed by atoms with Crippen molar-refractivity contribution in [3.8, 4) is 0 Å². The Morgan fingerprint density at radius 1 is 1.38 bits per heavy atom. The molecule has 0 radical (unpaired) electrons. The first kappa shape index (κ1) is 13.0. The monoisotopic (exact) mass is 201 g/mol. The van der Waals surface area contributed by atoms with Crippen LogP contribution >= 0.6 is 8.58 Å². The zero-order chi connectivity index (χ0) is 10.1. The van der Waals surface area contributed by atoms with E-state index in [2.05, 4.69) is 25.7 Å². The molecule has 0 aliphatic heterocycles. The minimum atomic E-state index is 0.724. The lowest BCUT2D eigenvalue weighted by Gasteiger charge is -2.18. The summed E-state index contributed by atoms with van der Waals surface area (Å²) in [6.45, 7) is 8.58. The maximum absolute atomic E-state index is 4.07. The van der Waals surface area contributed by atoms with Gasteiger partial charge >= 0.3 is 0 Å². The second-order valence-corrected chi connectivity index (χ2v) is 5.19. The van der Waals surface area contributed by atoms with E-state index in [4.69, 9.17) is 0 Å². The predicted molar refractivity (Wildman–Crippen MR) is 65.0 cm³/mol. The number of hydrogen-bond donors (Lipinski definition) is 1. The molecule has 2 unspecified atom stereocenters. The average Bonchev–Trinajstić information content (AvgIpc) is 2.16. The Bertz CT molecular complexity index is 134. The minimum absolute atomic E-state index is 0.724. The molecule has 0 fully saturated rings. The van der Waals surface area contributed by atoms with Gasteiger partial charge in [0.1, 0.15) is 0 Å². The van der Waals surface area contributed by atoms with Crippen LogP contribution in [0.4, 0.5) is 0 Å². The molecule has 2 atom stereocenters. The van der Waals surface area contributed by atoms with Crippen LogP contribution in [0.1, 0.15) is 39.5 Å². The molecule has 0 amide bonds. The molecule has 2 heteroatoms. The second-order valence-electron chi connectivity index (χ2n) is 3.38. The van der Waals surface area contributed by atoms with E-state index in [0.717, 1.165) is 14.2 Å². The summed E-state index contributed by atoms with van der Waals surface area (Å²) < 4.78 is 0. The summed E-state index contributed by atoms with van der Waals surface area (Å²) in [5.41, 5.74) is 1.96. The third-order valence-corrected chi connectivity index (χ3v) is 3.83. The molecule has 13 heavy (non-hydrogen) atoms. The molecule has 0 rings (SSSR count). The van der Waals surface area contributed by atoms with Crippen LogP contribution in [0.5, 0.6) is 0 Å². The number of rotatable bonds is 8. The fourth-order valence-corrected chi connectivity index (χ4v) is 2.71. The molecular formula is C11H24NP. The fraction of sp³-hybridized carbons (Fsp3) is 0.818. The van der Waals surface area contributed by atoms with E-state index < -0.39 is 0 Å². The van der Waals surface area contributed by atoms with Gasteiger partial charge in [0.05, 0.1) is 0 Å². The Hall–Kier alpha value is -0.0300. The normalized spacial score (nSPS) is 13.5. The van der Waals surface area contributed by atoms with Gasteiger partial charge in [0, 0.05) is 18.4 Å². The van der Waals surface area contributed by atoms with Crippen LogP contribution in [0.15, 0.2) is 12.3 Å². The van der Waals surface area contributed by atoms with Gasteiger partial charge in [-0.05, 0) is 12.6 Å². The lowest BCUT2D eigenvalue weighted by molar-refractivity contribution is 0.657. The van der Waals surface area contributed by atoms with Crippen LogP contribution in [0.2, 0.25) is 0 Å². The molecule has 0 aromatic carbocycles. The van der Waals surface area contributed by atoms with Crippen molar-refractivity contribution in [2.75, 3.05) is 13.2 Å². The number of allylic oxidation sites excluding steroid dienone is 1. The Morgan fingerprint density at radius 2 is 2.08 bits per heavy atom. The lowest BCUT2D eigenvalue weighted by Crippen LogP contribution is -2.16. The molecule has 0 aliphatic carbocycles. The number of nitrogens with one attached hydrogen (secondary N) is 1. The molecule has 1 nitrogen and oxygen atoms in total. The molecule has 0 saturated carbocycles. The maximum atomic E-state index is 4.07.